The molecule has 2 aliphatic rings. The number of hydrogen-bond donors (Lipinski definition) is 0. The Labute approximate surface area is 213 Å². The average molecular weight is 528 g/mol. The highest BCUT2D eigenvalue weighted by Gasteiger charge is 2.26. The SMILES string of the molecule is C#CCn1c(=NC(=O)c2ccc(S(=O)(=O)N(C)CC3CCCO3)cc2)sc2cc3c(cc21)OCCO3. The third kappa shape index (κ3) is 4.77. The fraction of sp³-hybridized carbons (Fsp3) is 0.360. The number of amides is 1. The van der Waals surface area contributed by atoms with Crippen LogP contribution in [0.1, 0.15) is 23.2 Å². The fourth-order valence-corrected chi connectivity index (χ4v) is 6.45. The number of terminal acetylenes is 1. The second-order valence-corrected chi connectivity index (χ2v) is 11.6. The Morgan fingerprint density at radius 1 is 1.19 bits per heavy atom. The Morgan fingerprint density at radius 2 is 1.92 bits per heavy atom. The van der Waals surface area contributed by atoms with Gasteiger partial charge in [-0.05, 0) is 37.1 Å². The zero-order valence-electron chi connectivity index (χ0n) is 19.7. The van der Waals surface area contributed by atoms with Crippen molar-refractivity contribution in [2.45, 2.75) is 30.4 Å². The molecule has 3 heterocycles. The summed E-state index contributed by atoms with van der Waals surface area (Å²) >= 11 is 1.32. The molecule has 11 heteroatoms. The summed E-state index contributed by atoms with van der Waals surface area (Å²) in [5, 5.41) is 0. The van der Waals surface area contributed by atoms with Gasteiger partial charge in [0.1, 0.15) is 13.2 Å². The van der Waals surface area contributed by atoms with Gasteiger partial charge in [-0.2, -0.15) is 9.30 Å². The maximum atomic E-state index is 13.0. The van der Waals surface area contributed by atoms with E-state index in [1.807, 2.05) is 12.1 Å². The van der Waals surface area contributed by atoms with Crippen LogP contribution in [0.25, 0.3) is 10.2 Å². The van der Waals surface area contributed by atoms with Gasteiger partial charge in [-0.3, -0.25) is 4.79 Å². The van der Waals surface area contributed by atoms with Crippen LogP contribution in [-0.2, 0) is 21.3 Å². The van der Waals surface area contributed by atoms with Gasteiger partial charge in [0.15, 0.2) is 16.3 Å². The summed E-state index contributed by atoms with van der Waals surface area (Å²) < 4.78 is 46.7. The van der Waals surface area contributed by atoms with E-state index in [1.54, 1.807) is 4.57 Å². The van der Waals surface area contributed by atoms with Gasteiger partial charge in [0, 0.05) is 37.9 Å². The monoisotopic (exact) mass is 527 g/mol. The van der Waals surface area contributed by atoms with Crippen molar-refractivity contribution in [3.8, 4) is 23.8 Å². The Hall–Kier alpha value is -3.17. The first kappa shape index (κ1) is 24.5. The highest BCUT2D eigenvalue weighted by atomic mass is 32.2. The van der Waals surface area contributed by atoms with E-state index in [-0.39, 0.29) is 23.1 Å². The maximum absolute atomic E-state index is 13.0. The minimum Gasteiger partial charge on any atom is -0.486 e. The van der Waals surface area contributed by atoms with Crippen LogP contribution in [0.3, 0.4) is 0 Å². The lowest BCUT2D eigenvalue weighted by atomic mass is 10.2. The lowest BCUT2D eigenvalue weighted by molar-refractivity contribution is 0.0979. The number of ether oxygens (including phenoxy) is 3. The predicted molar refractivity (Wildman–Crippen MR) is 135 cm³/mol. The first-order chi connectivity index (χ1) is 17.4. The molecule has 0 radical (unpaired) electrons. The third-order valence-corrected chi connectivity index (χ3v) is 8.97. The summed E-state index contributed by atoms with van der Waals surface area (Å²) in [6.45, 7) is 2.10. The largest absolute Gasteiger partial charge is 0.486 e. The van der Waals surface area contributed by atoms with Crippen molar-refractivity contribution in [3.05, 3.63) is 46.8 Å². The molecule has 5 rings (SSSR count). The van der Waals surface area contributed by atoms with Gasteiger partial charge >= 0.3 is 0 Å². The molecule has 0 spiro atoms. The number of thiazole rings is 1. The summed E-state index contributed by atoms with van der Waals surface area (Å²) in [7, 11) is -2.17. The van der Waals surface area contributed by atoms with E-state index in [2.05, 4.69) is 10.9 Å². The van der Waals surface area contributed by atoms with Gasteiger partial charge in [0.25, 0.3) is 5.91 Å². The third-order valence-electron chi connectivity index (χ3n) is 6.09. The molecule has 0 bridgehead atoms. The molecule has 188 valence electrons. The van der Waals surface area contributed by atoms with Crippen LogP contribution < -0.4 is 14.3 Å². The Balaban J connectivity index is 1.42. The highest BCUT2D eigenvalue weighted by Crippen LogP contribution is 2.35. The van der Waals surface area contributed by atoms with E-state index in [0.717, 1.165) is 23.1 Å². The van der Waals surface area contributed by atoms with Crippen LogP contribution >= 0.6 is 11.3 Å². The van der Waals surface area contributed by atoms with Gasteiger partial charge in [0.2, 0.25) is 10.0 Å². The quantitative estimate of drug-likeness (QED) is 0.457. The van der Waals surface area contributed by atoms with E-state index in [1.165, 1.54) is 47.0 Å². The second-order valence-electron chi connectivity index (χ2n) is 8.50. The van der Waals surface area contributed by atoms with Gasteiger partial charge < -0.3 is 18.8 Å². The summed E-state index contributed by atoms with van der Waals surface area (Å²) in [5.74, 6) is 3.37. The topological polar surface area (TPSA) is 99.4 Å². The molecule has 2 aromatic carbocycles. The number of fused-ring (bicyclic) bond motifs is 2. The van der Waals surface area contributed by atoms with Crippen LogP contribution in [0.5, 0.6) is 11.5 Å². The van der Waals surface area contributed by atoms with Crippen molar-refractivity contribution in [2.24, 2.45) is 4.99 Å². The maximum Gasteiger partial charge on any atom is 0.279 e. The zero-order chi connectivity index (χ0) is 25.3. The van der Waals surface area contributed by atoms with Crippen molar-refractivity contribution >= 4 is 37.5 Å². The van der Waals surface area contributed by atoms with Gasteiger partial charge in [-0.25, -0.2) is 8.42 Å². The number of carbonyl (C=O) groups is 1. The number of likely N-dealkylation sites (N-methyl/N-ethyl adjacent to an activating group) is 1. The number of carbonyl (C=O) groups excluding carboxylic acids is 1. The molecule has 1 aromatic heterocycles. The van der Waals surface area contributed by atoms with Crippen molar-refractivity contribution in [1.82, 2.24) is 8.87 Å². The molecular weight excluding hydrogens is 502 g/mol. The van der Waals surface area contributed by atoms with E-state index < -0.39 is 15.9 Å². The number of benzene rings is 2. The molecule has 0 saturated carbocycles. The molecule has 3 aromatic rings. The van der Waals surface area contributed by atoms with Crippen LogP contribution in [0.15, 0.2) is 46.3 Å². The van der Waals surface area contributed by atoms with E-state index in [0.29, 0.717) is 42.7 Å². The first-order valence-electron chi connectivity index (χ1n) is 11.5. The fourth-order valence-electron chi connectivity index (χ4n) is 4.21. The molecule has 1 fully saturated rings. The number of aromatic nitrogens is 1. The van der Waals surface area contributed by atoms with E-state index in [9.17, 15) is 13.2 Å². The summed E-state index contributed by atoms with van der Waals surface area (Å²) in [5.41, 5.74) is 1.07. The minimum absolute atomic E-state index is 0.0934. The van der Waals surface area contributed by atoms with E-state index in [4.69, 9.17) is 20.6 Å². The molecule has 36 heavy (non-hydrogen) atoms. The lowest BCUT2D eigenvalue weighted by Crippen LogP contribution is -2.34. The molecule has 1 unspecified atom stereocenters. The molecular formula is C25H25N3O6S2. The Morgan fingerprint density at radius 3 is 2.58 bits per heavy atom. The normalized spacial score (nSPS) is 18.0. The standard InChI is InChI=1S/C25H25N3O6S2/c1-3-10-28-20-14-21-22(34-13-12-33-21)15-23(20)35-25(28)26-24(29)17-6-8-19(9-7-17)36(30,31)27(2)16-18-5-4-11-32-18/h1,6-9,14-15,18H,4-5,10-13,16H2,2H3. The zero-order valence-corrected chi connectivity index (χ0v) is 21.3. The number of nitrogens with zero attached hydrogens (tertiary/aromatic N) is 3. The van der Waals surface area contributed by atoms with Crippen LogP contribution in [0.4, 0.5) is 0 Å². The number of rotatable bonds is 6. The molecule has 1 saturated heterocycles. The predicted octanol–water partition coefficient (Wildman–Crippen LogP) is 2.65. The summed E-state index contributed by atoms with van der Waals surface area (Å²) in [6.07, 6.45) is 7.26. The van der Waals surface area contributed by atoms with Crippen molar-refractivity contribution < 1.29 is 27.4 Å². The van der Waals surface area contributed by atoms with Crippen molar-refractivity contribution in [2.75, 3.05) is 33.4 Å². The van der Waals surface area contributed by atoms with Crippen molar-refractivity contribution in [1.29, 1.82) is 0 Å². The minimum atomic E-state index is -3.70. The van der Waals surface area contributed by atoms with E-state index >= 15 is 0 Å². The smallest absolute Gasteiger partial charge is 0.279 e. The molecule has 0 N–H and O–H groups in total. The molecule has 9 nitrogen and oxygen atoms in total. The molecule has 0 aliphatic carbocycles. The molecule has 1 atom stereocenters. The van der Waals surface area contributed by atoms with Crippen LogP contribution in [0.2, 0.25) is 0 Å². The molecule has 2 aliphatic heterocycles. The van der Waals surface area contributed by atoms with Crippen LogP contribution in [0, 0.1) is 12.3 Å². The number of sulfonamides is 1. The number of hydrogen-bond acceptors (Lipinski definition) is 7. The lowest BCUT2D eigenvalue weighted by Gasteiger charge is -2.20. The molecule has 1 amide bonds. The second kappa shape index (κ2) is 10.1. The van der Waals surface area contributed by atoms with Crippen LogP contribution in [-0.4, -0.2) is 62.7 Å². The van der Waals surface area contributed by atoms with Gasteiger partial charge in [0.05, 0.1) is 27.8 Å². The Kier molecular flexibility index (Phi) is 6.85. The van der Waals surface area contributed by atoms with Crippen molar-refractivity contribution in [3.63, 3.8) is 0 Å². The summed E-state index contributed by atoms with van der Waals surface area (Å²) in [6, 6.07) is 9.49. The Bertz CT molecular complexity index is 1510. The average Bonchev–Trinajstić information content (AvgIpc) is 3.50. The van der Waals surface area contributed by atoms with Gasteiger partial charge in [-0.15, -0.1) is 6.42 Å². The van der Waals surface area contributed by atoms with Gasteiger partial charge in [-0.1, -0.05) is 17.3 Å². The summed E-state index contributed by atoms with van der Waals surface area (Å²) in [4.78, 5) is 17.8. The first-order valence-corrected chi connectivity index (χ1v) is 13.8. The highest BCUT2D eigenvalue weighted by molar-refractivity contribution is 7.89.